The predicted molar refractivity (Wildman–Crippen MR) is 75.5 cm³/mol. The Hall–Kier alpha value is 0. The third-order valence-corrected chi connectivity index (χ3v) is 3.13. The van der Waals surface area contributed by atoms with Gasteiger partial charge < -0.3 is 0 Å². The van der Waals surface area contributed by atoms with Crippen molar-refractivity contribution in [1.82, 2.24) is 0 Å². The molecule has 0 rings (SSSR count). The van der Waals surface area contributed by atoms with Crippen molar-refractivity contribution >= 4 is 0 Å². The van der Waals surface area contributed by atoms with Crippen LogP contribution in [-0.2, 0) is 0 Å². The Bertz CT molecular complexity index is 108. The number of unbranched alkanes of at least 4 members (excludes halogenated alkanes) is 7. The van der Waals surface area contributed by atoms with Gasteiger partial charge in [-0.25, -0.2) is 0 Å². The molecule has 0 aromatic heterocycles. The van der Waals surface area contributed by atoms with Crippen LogP contribution in [0, 0.1) is 18.3 Å². The van der Waals surface area contributed by atoms with Crippen LogP contribution in [0.4, 0.5) is 0 Å². The Morgan fingerprint density at radius 2 is 1.06 bits per heavy atom. The fraction of sp³-hybridized carbons (Fsp3) is 0.938. The van der Waals surface area contributed by atoms with Crippen LogP contribution in [0.1, 0.15) is 85.5 Å². The van der Waals surface area contributed by atoms with Crippen LogP contribution in [0.2, 0.25) is 0 Å². The molecule has 0 aliphatic rings. The maximum atomic E-state index is 2.51. The van der Waals surface area contributed by atoms with Gasteiger partial charge in [0.15, 0.2) is 0 Å². The molecule has 0 bridgehead atoms. The van der Waals surface area contributed by atoms with Crippen molar-refractivity contribution in [2.24, 2.45) is 11.8 Å². The molecule has 0 spiro atoms. The fourth-order valence-corrected chi connectivity index (χ4v) is 2.00. The molecule has 0 nitrogen and oxygen atoms in total. The molecule has 0 aromatic rings. The summed E-state index contributed by atoms with van der Waals surface area (Å²) < 4.78 is 0. The van der Waals surface area contributed by atoms with Crippen LogP contribution < -0.4 is 0 Å². The highest BCUT2D eigenvalue weighted by molar-refractivity contribution is 4.65. The van der Waals surface area contributed by atoms with E-state index in [4.69, 9.17) is 0 Å². The molecule has 0 heterocycles. The molecule has 0 heteroatoms. The first-order valence-electron chi connectivity index (χ1n) is 7.44. The smallest absolute Gasteiger partial charge is 0.0386 e. The Kier molecular flexibility index (Phi) is 11.5. The second-order valence-corrected chi connectivity index (χ2v) is 6.00. The molecule has 0 aliphatic carbocycles. The summed E-state index contributed by atoms with van der Waals surface area (Å²) in [5.41, 5.74) is 0. The molecule has 0 saturated heterocycles. The molecular formula is C16H33. The van der Waals surface area contributed by atoms with Gasteiger partial charge >= 0.3 is 0 Å². The van der Waals surface area contributed by atoms with Gasteiger partial charge in [-0.3, -0.25) is 0 Å². The maximum absolute atomic E-state index is 2.51. The molecule has 0 aromatic carbocycles. The minimum atomic E-state index is 0.885. The third-order valence-electron chi connectivity index (χ3n) is 3.13. The summed E-state index contributed by atoms with van der Waals surface area (Å²) in [6.45, 7) is 9.28. The van der Waals surface area contributed by atoms with Gasteiger partial charge in [0.05, 0.1) is 0 Å². The molecule has 97 valence electrons. The Morgan fingerprint density at radius 1 is 0.625 bits per heavy atom. The molecule has 0 saturated carbocycles. The van der Waals surface area contributed by atoms with Gasteiger partial charge in [-0.05, 0) is 18.3 Å². The van der Waals surface area contributed by atoms with Crippen LogP contribution in [0.25, 0.3) is 0 Å². The lowest BCUT2D eigenvalue weighted by Gasteiger charge is -2.05. The van der Waals surface area contributed by atoms with Gasteiger partial charge in [0.2, 0.25) is 0 Å². The Balaban J connectivity index is 2.93. The molecule has 0 atom stereocenters. The molecular weight excluding hydrogens is 192 g/mol. The summed E-state index contributed by atoms with van der Waals surface area (Å²) in [6, 6.07) is 0. The van der Waals surface area contributed by atoms with E-state index in [0.717, 1.165) is 11.8 Å². The largest absolute Gasteiger partial charge is 0.0628 e. The second-order valence-electron chi connectivity index (χ2n) is 6.00. The monoisotopic (exact) mass is 225 g/mol. The zero-order valence-electron chi connectivity index (χ0n) is 12.1. The van der Waals surface area contributed by atoms with Crippen molar-refractivity contribution in [2.75, 3.05) is 0 Å². The summed E-state index contributed by atoms with van der Waals surface area (Å²) in [6.07, 6.45) is 15.1. The molecule has 16 heavy (non-hydrogen) atoms. The van der Waals surface area contributed by atoms with Gasteiger partial charge in [0, 0.05) is 0 Å². The Labute approximate surface area is 104 Å². The van der Waals surface area contributed by atoms with E-state index in [9.17, 15) is 0 Å². The first kappa shape index (κ1) is 16.0. The summed E-state index contributed by atoms with van der Waals surface area (Å²) in [4.78, 5) is 0. The zero-order valence-corrected chi connectivity index (χ0v) is 12.1. The topological polar surface area (TPSA) is 0 Å². The SMILES string of the molecule is CC(C)CCCC[CH]CCCCCC(C)C. The van der Waals surface area contributed by atoms with E-state index in [1.54, 1.807) is 0 Å². The van der Waals surface area contributed by atoms with Crippen LogP contribution in [-0.4, -0.2) is 0 Å². The lowest BCUT2D eigenvalue weighted by Crippen LogP contribution is -1.89. The molecule has 1 radical (unpaired) electrons. The fourth-order valence-electron chi connectivity index (χ4n) is 2.00. The molecule has 0 unspecified atom stereocenters. The van der Waals surface area contributed by atoms with Crippen molar-refractivity contribution in [3.05, 3.63) is 6.42 Å². The average Bonchev–Trinajstić information content (AvgIpc) is 2.20. The van der Waals surface area contributed by atoms with E-state index in [-0.39, 0.29) is 0 Å². The first-order valence-corrected chi connectivity index (χ1v) is 7.44. The standard InChI is InChI=1S/C16H33/c1-15(2)13-11-9-7-5-6-8-10-12-14-16(3)4/h5,15-16H,6-14H2,1-4H3. The van der Waals surface area contributed by atoms with Crippen molar-refractivity contribution < 1.29 is 0 Å². The van der Waals surface area contributed by atoms with Gasteiger partial charge in [-0.15, -0.1) is 0 Å². The number of rotatable bonds is 11. The van der Waals surface area contributed by atoms with E-state index in [2.05, 4.69) is 34.1 Å². The van der Waals surface area contributed by atoms with E-state index in [0.29, 0.717) is 0 Å². The van der Waals surface area contributed by atoms with Crippen LogP contribution in [0.3, 0.4) is 0 Å². The van der Waals surface area contributed by atoms with E-state index in [1.165, 1.54) is 57.8 Å². The van der Waals surface area contributed by atoms with Crippen molar-refractivity contribution in [3.8, 4) is 0 Å². The van der Waals surface area contributed by atoms with E-state index >= 15 is 0 Å². The highest BCUT2D eigenvalue weighted by Crippen LogP contribution is 2.13. The normalized spacial score (nSPS) is 11.6. The highest BCUT2D eigenvalue weighted by Gasteiger charge is 1.96. The van der Waals surface area contributed by atoms with Crippen LogP contribution in [0.15, 0.2) is 0 Å². The van der Waals surface area contributed by atoms with Gasteiger partial charge in [0.25, 0.3) is 0 Å². The lowest BCUT2D eigenvalue weighted by molar-refractivity contribution is 0.517. The first-order chi connectivity index (χ1) is 7.63. The number of hydrogen-bond acceptors (Lipinski definition) is 0. The predicted octanol–water partition coefficient (Wildman–Crippen LogP) is 6.01. The number of hydrogen-bond donors (Lipinski definition) is 0. The molecule has 0 aliphatic heterocycles. The molecule has 0 N–H and O–H groups in total. The van der Waals surface area contributed by atoms with E-state index < -0.39 is 0 Å². The third kappa shape index (κ3) is 14.0. The summed E-state index contributed by atoms with van der Waals surface area (Å²) >= 11 is 0. The van der Waals surface area contributed by atoms with Crippen molar-refractivity contribution in [3.63, 3.8) is 0 Å². The maximum Gasteiger partial charge on any atom is -0.0386 e. The molecule has 0 amide bonds. The van der Waals surface area contributed by atoms with Crippen molar-refractivity contribution in [2.45, 2.75) is 85.5 Å². The minimum Gasteiger partial charge on any atom is -0.0628 e. The van der Waals surface area contributed by atoms with Crippen LogP contribution >= 0.6 is 0 Å². The summed E-state index contributed by atoms with van der Waals surface area (Å²) in [5.74, 6) is 1.77. The van der Waals surface area contributed by atoms with Gasteiger partial charge in [0.1, 0.15) is 0 Å². The summed E-state index contributed by atoms with van der Waals surface area (Å²) in [5, 5.41) is 0. The zero-order chi connectivity index (χ0) is 12.2. The minimum absolute atomic E-state index is 0.885. The van der Waals surface area contributed by atoms with E-state index in [1.807, 2.05) is 0 Å². The van der Waals surface area contributed by atoms with Crippen LogP contribution in [0.5, 0.6) is 0 Å². The summed E-state index contributed by atoms with van der Waals surface area (Å²) in [7, 11) is 0. The second kappa shape index (κ2) is 11.5. The highest BCUT2D eigenvalue weighted by atomic mass is 14.0. The van der Waals surface area contributed by atoms with Crippen molar-refractivity contribution in [1.29, 1.82) is 0 Å². The quantitative estimate of drug-likeness (QED) is 0.377. The average molecular weight is 225 g/mol. The van der Waals surface area contributed by atoms with Gasteiger partial charge in [-0.2, -0.15) is 0 Å². The van der Waals surface area contributed by atoms with Gasteiger partial charge in [-0.1, -0.05) is 85.5 Å². The lowest BCUT2D eigenvalue weighted by atomic mass is 10.0. The molecule has 0 fully saturated rings. The Morgan fingerprint density at radius 3 is 1.56 bits per heavy atom.